The van der Waals surface area contributed by atoms with E-state index in [1.54, 1.807) is 0 Å². The zero-order valence-electron chi connectivity index (χ0n) is 4.39. The van der Waals surface area contributed by atoms with E-state index < -0.39 is 9.83 Å². The van der Waals surface area contributed by atoms with E-state index in [0.29, 0.717) is 13.3 Å². The number of hydrogen-bond acceptors (Lipinski definition) is 3. The van der Waals surface area contributed by atoms with Gasteiger partial charge in [-0.3, -0.25) is 0 Å². The highest BCUT2D eigenvalue weighted by molar-refractivity contribution is 8.26. The molecule has 0 spiro atoms. The van der Waals surface area contributed by atoms with Crippen LogP contribution in [0.15, 0.2) is 0 Å². The summed E-state index contributed by atoms with van der Waals surface area (Å²) in [6, 6.07) is 0. The Kier molecular flexibility index (Phi) is 5.83. The van der Waals surface area contributed by atoms with Gasteiger partial charge >= 0.3 is 0 Å². The van der Waals surface area contributed by atoms with Gasteiger partial charge in [-0.05, 0) is 11.2 Å². The highest BCUT2D eigenvalue weighted by Gasteiger charge is 1.83. The Hall–Kier alpha value is 0.410. The second kappa shape index (κ2) is 5.54. The van der Waals surface area contributed by atoms with Crippen LogP contribution in [0.25, 0.3) is 0 Å². The van der Waals surface area contributed by atoms with E-state index in [1.807, 2.05) is 0 Å². The van der Waals surface area contributed by atoms with Gasteiger partial charge < -0.3 is 11.5 Å². The maximum Gasteiger partial charge on any atom is 0.0541 e. The molecule has 0 bridgehead atoms. The number of nitrogens with one attached hydrogen (secondary N) is 2. The molecule has 6 N–H and O–H groups in total. The lowest BCUT2D eigenvalue weighted by molar-refractivity contribution is 0.929. The quantitative estimate of drug-likeness (QED) is 0.349. The maximum absolute atomic E-state index is 5.11. The number of nitrogens with two attached hydrogens (primary N) is 2. The standard InChI is InChI=1S/C2H10N4S2/c3-1-5-8(7)6-2-4/h5-6H,1-4H2. The van der Waals surface area contributed by atoms with Gasteiger partial charge in [0.15, 0.2) is 0 Å². The molecule has 6 heteroatoms. The molecule has 0 amide bonds. The predicted molar refractivity (Wildman–Crippen MR) is 39.1 cm³/mol. The molecule has 0 unspecified atom stereocenters. The van der Waals surface area contributed by atoms with Gasteiger partial charge in [0.2, 0.25) is 0 Å². The lowest BCUT2D eigenvalue weighted by Crippen LogP contribution is -2.35. The van der Waals surface area contributed by atoms with Crippen molar-refractivity contribution in [3.8, 4) is 0 Å². The summed E-state index contributed by atoms with van der Waals surface area (Å²) in [6.07, 6.45) is 0. The molecule has 4 nitrogen and oxygen atoms in total. The van der Waals surface area contributed by atoms with E-state index in [9.17, 15) is 0 Å². The fraction of sp³-hybridized carbons (Fsp3) is 1.00. The van der Waals surface area contributed by atoms with Gasteiger partial charge in [0.1, 0.15) is 0 Å². The first-order valence-electron chi connectivity index (χ1n) is 2.10. The average Bonchev–Trinajstić information content (AvgIpc) is 1.68. The zero-order valence-corrected chi connectivity index (χ0v) is 6.02. The smallest absolute Gasteiger partial charge is 0.0541 e. The summed E-state index contributed by atoms with van der Waals surface area (Å²) in [6.45, 7) is 0.777. The van der Waals surface area contributed by atoms with Crippen molar-refractivity contribution in [2.24, 2.45) is 11.5 Å². The minimum atomic E-state index is -0.437. The predicted octanol–water partition coefficient (Wildman–Crippen LogP) is -2.09. The van der Waals surface area contributed by atoms with Crippen LogP contribution in [0.1, 0.15) is 0 Å². The molecule has 0 heterocycles. The van der Waals surface area contributed by atoms with Crippen molar-refractivity contribution in [3.63, 3.8) is 0 Å². The highest BCUT2D eigenvalue weighted by Crippen LogP contribution is 1.58. The van der Waals surface area contributed by atoms with Crippen molar-refractivity contribution in [2.45, 2.75) is 0 Å². The van der Waals surface area contributed by atoms with Crippen LogP contribution in [0.3, 0.4) is 0 Å². The van der Waals surface area contributed by atoms with Gasteiger partial charge in [-0.25, -0.2) is 9.44 Å². The minimum Gasteiger partial charge on any atom is -0.318 e. The fourth-order valence-corrected chi connectivity index (χ4v) is 1.02. The number of rotatable bonds is 4. The van der Waals surface area contributed by atoms with Crippen LogP contribution < -0.4 is 20.9 Å². The van der Waals surface area contributed by atoms with Crippen LogP contribution in [-0.4, -0.2) is 13.3 Å². The van der Waals surface area contributed by atoms with Crippen molar-refractivity contribution in [3.05, 3.63) is 0 Å². The summed E-state index contributed by atoms with van der Waals surface area (Å²) in [5.41, 5.74) is 10.2. The molecule has 50 valence electrons. The van der Waals surface area contributed by atoms with E-state index in [1.165, 1.54) is 0 Å². The molecular weight excluding hydrogens is 144 g/mol. The van der Waals surface area contributed by atoms with Crippen molar-refractivity contribution < 1.29 is 0 Å². The topological polar surface area (TPSA) is 76.1 Å². The van der Waals surface area contributed by atoms with Crippen LogP contribution in [0, 0.1) is 0 Å². The maximum atomic E-state index is 5.11. The first-order valence-corrected chi connectivity index (χ1v) is 4.25. The van der Waals surface area contributed by atoms with E-state index in [-0.39, 0.29) is 0 Å². The van der Waals surface area contributed by atoms with E-state index in [2.05, 4.69) is 9.44 Å². The molecule has 0 atom stereocenters. The van der Waals surface area contributed by atoms with Crippen molar-refractivity contribution in [1.82, 2.24) is 9.44 Å². The van der Waals surface area contributed by atoms with Crippen LogP contribution in [0.4, 0.5) is 0 Å². The summed E-state index contributed by atoms with van der Waals surface area (Å²) in [5, 5.41) is 0. The number of hydrogen-bond donors (Lipinski definition) is 4. The molecule has 0 saturated carbocycles. The Labute approximate surface area is 55.9 Å². The van der Waals surface area contributed by atoms with Crippen molar-refractivity contribution in [1.29, 1.82) is 0 Å². The summed E-state index contributed by atoms with van der Waals surface area (Å²) < 4.78 is 5.55. The van der Waals surface area contributed by atoms with E-state index in [4.69, 9.17) is 22.7 Å². The van der Waals surface area contributed by atoms with Gasteiger partial charge in [0.25, 0.3) is 0 Å². The highest BCUT2D eigenvalue weighted by atomic mass is 32.8. The molecule has 0 aliphatic rings. The molecule has 0 aromatic rings. The second-order valence-corrected chi connectivity index (χ2v) is 3.08. The SMILES string of the molecule is NCNS(=S)NCN. The average molecular weight is 154 g/mol. The molecule has 0 saturated heterocycles. The van der Waals surface area contributed by atoms with Gasteiger partial charge in [-0.2, -0.15) is 0 Å². The monoisotopic (exact) mass is 154 g/mol. The van der Waals surface area contributed by atoms with E-state index >= 15 is 0 Å². The first kappa shape index (κ1) is 8.41. The third-order valence-electron chi connectivity index (χ3n) is 0.429. The van der Waals surface area contributed by atoms with Gasteiger partial charge in [0, 0.05) is 9.83 Å². The van der Waals surface area contributed by atoms with Gasteiger partial charge in [-0.1, -0.05) is 0 Å². The molecule has 0 aromatic heterocycles. The Morgan fingerprint density at radius 2 is 1.62 bits per heavy atom. The summed E-state index contributed by atoms with van der Waals surface area (Å²) >= 11 is 4.78. The molecule has 0 aliphatic heterocycles. The fourth-order valence-electron chi connectivity index (χ4n) is 0.202. The molecule has 8 heavy (non-hydrogen) atoms. The van der Waals surface area contributed by atoms with Crippen LogP contribution in [0.5, 0.6) is 0 Å². The van der Waals surface area contributed by atoms with Gasteiger partial charge in [-0.15, -0.1) is 0 Å². The largest absolute Gasteiger partial charge is 0.318 e. The van der Waals surface area contributed by atoms with Crippen LogP contribution in [-0.2, 0) is 21.0 Å². The third kappa shape index (κ3) is 4.57. The van der Waals surface area contributed by atoms with Crippen molar-refractivity contribution in [2.75, 3.05) is 13.3 Å². The molecule has 0 aromatic carbocycles. The lowest BCUT2D eigenvalue weighted by atomic mass is 11.3. The normalized spacial score (nSPS) is 10.4. The van der Waals surface area contributed by atoms with E-state index in [0.717, 1.165) is 0 Å². The first-order chi connectivity index (χ1) is 3.81. The second-order valence-electron chi connectivity index (χ2n) is 0.966. The third-order valence-corrected chi connectivity index (χ3v) is 1.99. The van der Waals surface area contributed by atoms with Crippen molar-refractivity contribution >= 4 is 21.0 Å². The molecule has 0 fully saturated rings. The zero-order chi connectivity index (χ0) is 6.41. The lowest BCUT2D eigenvalue weighted by Gasteiger charge is -2.02. The molecule has 0 rings (SSSR count). The molecular formula is C2H10N4S2. The van der Waals surface area contributed by atoms with Crippen LogP contribution >= 0.6 is 0 Å². The van der Waals surface area contributed by atoms with Crippen LogP contribution in [0.2, 0.25) is 0 Å². The Morgan fingerprint density at radius 3 is 1.88 bits per heavy atom. The summed E-state index contributed by atoms with van der Waals surface area (Å²) in [5.74, 6) is 0. The summed E-state index contributed by atoms with van der Waals surface area (Å²) in [7, 11) is -0.437. The Balaban J connectivity index is 3.06. The Morgan fingerprint density at radius 1 is 1.25 bits per heavy atom. The minimum absolute atomic E-state index is 0.389. The van der Waals surface area contributed by atoms with Gasteiger partial charge in [0.05, 0.1) is 13.3 Å². The Bertz CT molecular complexity index is 66.4. The molecule has 0 radical (unpaired) electrons. The molecule has 0 aliphatic carbocycles. The summed E-state index contributed by atoms with van der Waals surface area (Å²) in [4.78, 5) is 0.